The minimum Gasteiger partial charge on any atom is -0.308 e. The van der Waals surface area contributed by atoms with Gasteiger partial charge in [-0.1, -0.05) is 17.7 Å². The molecule has 0 aliphatic rings. The Morgan fingerprint density at radius 1 is 1.10 bits per heavy atom. The molecule has 0 spiro atoms. The smallest absolute Gasteiger partial charge is 0.258 e. The van der Waals surface area contributed by atoms with Crippen LogP contribution in [0.4, 0.5) is 5.69 Å². The van der Waals surface area contributed by atoms with Crippen molar-refractivity contribution >= 4 is 23.4 Å². The zero-order valence-electron chi connectivity index (χ0n) is 13.0. The Kier molecular flexibility index (Phi) is 5.07. The van der Waals surface area contributed by atoms with Crippen LogP contribution in [-0.4, -0.2) is 18.7 Å². The summed E-state index contributed by atoms with van der Waals surface area (Å²) in [5, 5.41) is 0. The van der Waals surface area contributed by atoms with Gasteiger partial charge in [-0.2, -0.15) is 0 Å². The SMILES string of the molecule is CCN(C(=O)c1ccc(SC)cc1)c1ccc(C)cc1C. The third kappa shape index (κ3) is 3.48. The maximum atomic E-state index is 12.7. The Morgan fingerprint density at radius 2 is 1.76 bits per heavy atom. The average Bonchev–Trinajstić information content (AvgIpc) is 2.50. The lowest BCUT2D eigenvalue weighted by Gasteiger charge is -2.23. The number of hydrogen-bond acceptors (Lipinski definition) is 2. The van der Waals surface area contributed by atoms with Crippen LogP contribution in [0.5, 0.6) is 0 Å². The molecule has 0 atom stereocenters. The van der Waals surface area contributed by atoms with Crippen LogP contribution in [0, 0.1) is 13.8 Å². The number of carbonyl (C=O) groups excluding carboxylic acids is 1. The quantitative estimate of drug-likeness (QED) is 0.763. The molecule has 0 unspecified atom stereocenters. The molecular weight excluding hydrogens is 278 g/mol. The summed E-state index contributed by atoms with van der Waals surface area (Å²) in [5.74, 6) is 0.0529. The number of carbonyl (C=O) groups is 1. The Hall–Kier alpha value is -1.74. The molecule has 0 N–H and O–H groups in total. The van der Waals surface area contributed by atoms with Gasteiger partial charge in [-0.25, -0.2) is 0 Å². The van der Waals surface area contributed by atoms with Gasteiger partial charge < -0.3 is 4.90 Å². The first-order valence-corrected chi connectivity index (χ1v) is 8.32. The van der Waals surface area contributed by atoms with E-state index in [2.05, 4.69) is 26.0 Å². The summed E-state index contributed by atoms with van der Waals surface area (Å²) < 4.78 is 0. The lowest BCUT2D eigenvalue weighted by molar-refractivity contribution is 0.0988. The Bertz CT molecular complexity index is 634. The third-order valence-corrected chi connectivity index (χ3v) is 4.29. The van der Waals surface area contributed by atoms with E-state index in [4.69, 9.17) is 0 Å². The van der Waals surface area contributed by atoms with Crippen molar-refractivity contribution in [2.24, 2.45) is 0 Å². The minimum absolute atomic E-state index is 0.0529. The van der Waals surface area contributed by atoms with Crippen molar-refractivity contribution < 1.29 is 4.79 Å². The van der Waals surface area contributed by atoms with Crippen molar-refractivity contribution in [3.8, 4) is 0 Å². The van der Waals surface area contributed by atoms with Gasteiger partial charge in [-0.05, 0) is 62.9 Å². The maximum Gasteiger partial charge on any atom is 0.258 e. The van der Waals surface area contributed by atoms with Crippen molar-refractivity contribution in [1.29, 1.82) is 0 Å². The third-order valence-electron chi connectivity index (χ3n) is 3.54. The largest absolute Gasteiger partial charge is 0.308 e. The van der Waals surface area contributed by atoms with E-state index in [1.807, 2.05) is 48.4 Å². The van der Waals surface area contributed by atoms with Gasteiger partial charge >= 0.3 is 0 Å². The van der Waals surface area contributed by atoms with Crippen LogP contribution in [-0.2, 0) is 0 Å². The molecule has 2 aromatic carbocycles. The number of hydrogen-bond donors (Lipinski definition) is 0. The molecule has 0 saturated heterocycles. The van der Waals surface area contributed by atoms with Gasteiger partial charge in [0.25, 0.3) is 5.91 Å². The predicted molar refractivity (Wildman–Crippen MR) is 91.5 cm³/mol. The van der Waals surface area contributed by atoms with Crippen molar-refractivity contribution in [2.45, 2.75) is 25.7 Å². The second-order valence-electron chi connectivity index (χ2n) is 5.07. The predicted octanol–water partition coefficient (Wildman–Crippen LogP) is 4.69. The summed E-state index contributed by atoms with van der Waals surface area (Å²) in [4.78, 5) is 15.7. The van der Waals surface area contributed by atoms with Crippen LogP contribution in [0.25, 0.3) is 0 Å². The molecule has 21 heavy (non-hydrogen) atoms. The van der Waals surface area contributed by atoms with E-state index >= 15 is 0 Å². The van der Waals surface area contributed by atoms with Crippen LogP contribution < -0.4 is 4.90 Å². The van der Waals surface area contributed by atoms with Crippen molar-refractivity contribution in [1.82, 2.24) is 0 Å². The second-order valence-corrected chi connectivity index (χ2v) is 5.95. The van der Waals surface area contributed by atoms with Gasteiger partial charge in [0.15, 0.2) is 0 Å². The molecule has 0 radical (unpaired) electrons. The Labute approximate surface area is 131 Å². The van der Waals surface area contributed by atoms with Gasteiger partial charge in [0.2, 0.25) is 0 Å². The summed E-state index contributed by atoms with van der Waals surface area (Å²) >= 11 is 1.68. The highest BCUT2D eigenvalue weighted by molar-refractivity contribution is 7.98. The second kappa shape index (κ2) is 6.81. The Balaban J connectivity index is 2.33. The molecule has 1 amide bonds. The van der Waals surface area contributed by atoms with Crippen molar-refractivity contribution in [3.05, 3.63) is 59.2 Å². The van der Waals surface area contributed by atoms with Gasteiger partial charge in [0.1, 0.15) is 0 Å². The number of benzene rings is 2. The molecule has 0 aliphatic carbocycles. The topological polar surface area (TPSA) is 20.3 Å². The van der Waals surface area contributed by atoms with E-state index in [0.29, 0.717) is 6.54 Å². The molecule has 0 bridgehead atoms. The fourth-order valence-corrected chi connectivity index (χ4v) is 2.83. The van der Waals surface area contributed by atoms with Crippen LogP contribution in [0.15, 0.2) is 47.4 Å². The van der Waals surface area contributed by atoms with E-state index in [-0.39, 0.29) is 5.91 Å². The molecule has 0 aromatic heterocycles. The zero-order valence-corrected chi connectivity index (χ0v) is 13.8. The van der Waals surface area contributed by atoms with Gasteiger partial charge in [0, 0.05) is 22.7 Å². The summed E-state index contributed by atoms with van der Waals surface area (Å²) in [7, 11) is 0. The summed E-state index contributed by atoms with van der Waals surface area (Å²) in [6.07, 6.45) is 2.03. The number of amides is 1. The van der Waals surface area contributed by atoms with E-state index in [1.165, 1.54) is 10.5 Å². The van der Waals surface area contributed by atoms with E-state index < -0.39 is 0 Å². The van der Waals surface area contributed by atoms with Crippen LogP contribution in [0.3, 0.4) is 0 Å². The fourth-order valence-electron chi connectivity index (χ4n) is 2.42. The van der Waals surface area contributed by atoms with Gasteiger partial charge in [-0.15, -0.1) is 11.8 Å². The summed E-state index contributed by atoms with van der Waals surface area (Å²) in [6, 6.07) is 14.0. The lowest BCUT2D eigenvalue weighted by Crippen LogP contribution is -2.31. The van der Waals surface area contributed by atoms with Gasteiger partial charge in [0.05, 0.1) is 0 Å². The molecule has 0 aliphatic heterocycles. The van der Waals surface area contributed by atoms with E-state index in [9.17, 15) is 4.79 Å². The minimum atomic E-state index is 0.0529. The average molecular weight is 299 g/mol. The van der Waals surface area contributed by atoms with E-state index in [1.54, 1.807) is 11.8 Å². The van der Waals surface area contributed by atoms with Crippen LogP contribution in [0.1, 0.15) is 28.4 Å². The maximum absolute atomic E-state index is 12.7. The molecule has 110 valence electrons. The highest BCUT2D eigenvalue weighted by atomic mass is 32.2. The number of anilines is 1. The van der Waals surface area contributed by atoms with Crippen molar-refractivity contribution in [2.75, 3.05) is 17.7 Å². The first-order valence-electron chi connectivity index (χ1n) is 7.10. The fraction of sp³-hybridized carbons (Fsp3) is 0.278. The van der Waals surface area contributed by atoms with Crippen molar-refractivity contribution in [3.63, 3.8) is 0 Å². The molecule has 2 nitrogen and oxygen atoms in total. The number of nitrogens with zero attached hydrogens (tertiary/aromatic N) is 1. The summed E-state index contributed by atoms with van der Waals surface area (Å²) in [6.45, 7) is 6.78. The molecule has 0 saturated carbocycles. The number of rotatable bonds is 4. The monoisotopic (exact) mass is 299 g/mol. The number of aryl methyl sites for hydroxylation is 2. The van der Waals surface area contributed by atoms with Crippen LogP contribution in [0.2, 0.25) is 0 Å². The highest BCUT2D eigenvalue weighted by Gasteiger charge is 2.17. The molecule has 3 heteroatoms. The standard InChI is InChI=1S/C18H21NOS/c1-5-19(17-11-6-13(2)12-14(17)3)18(20)15-7-9-16(21-4)10-8-15/h6-12H,5H2,1-4H3. The van der Waals surface area contributed by atoms with E-state index in [0.717, 1.165) is 16.8 Å². The summed E-state index contributed by atoms with van der Waals surface area (Å²) in [5.41, 5.74) is 4.06. The zero-order chi connectivity index (χ0) is 15.4. The molecule has 2 rings (SSSR count). The molecular formula is C18H21NOS. The number of thioether (sulfide) groups is 1. The van der Waals surface area contributed by atoms with Crippen LogP contribution >= 0.6 is 11.8 Å². The normalized spacial score (nSPS) is 10.5. The molecule has 0 fully saturated rings. The highest BCUT2D eigenvalue weighted by Crippen LogP contribution is 2.23. The first-order chi connectivity index (χ1) is 10.1. The first kappa shape index (κ1) is 15.6. The molecule has 2 aromatic rings. The van der Waals surface area contributed by atoms with Gasteiger partial charge in [-0.3, -0.25) is 4.79 Å². The Morgan fingerprint density at radius 3 is 2.29 bits per heavy atom. The molecule has 0 heterocycles. The lowest BCUT2D eigenvalue weighted by atomic mass is 10.1.